The fourth-order valence-electron chi connectivity index (χ4n) is 3.16. The van der Waals surface area contributed by atoms with Gasteiger partial charge in [-0.15, -0.1) is 0 Å². The van der Waals surface area contributed by atoms with Crippen LogP contribution in [0.25, 0.3) is 0 Å². The molecule has 134 valence electrons. The van der Waals surface area contributed by atoms with E-state index in [-0.39, 0.29) is 11.9 Å². The van der Waals surface area contributed by atoms with Gasteiger partial charge in [-0.05, 0) is 61.4 Å². The number of ether oxygens (including phenoxy) is 2. The van der Waals surface area contributed by atoms with E-state index in [9.17, 15) is 4.79 Å². The molecule has 1 aromatic carbocycles. The van der Waals surface area contributed by atoms with E-state index in [1.165, 1.54) is 0 Å². The van der Waals surface area contributed by atoms with E-state index in [4.69, 9.17) is 9.47 Å². The Bertz CT molecular complexity index is 777. The summed E-state index contributed by atoms with van der Waals surface area (Å²) in [5, 5.41) is 3.28. The van der Waals surface area contributed by atoms with Crippen molar-refractivity contribution in [3.8, 4) is 0 Å². The van der Waals surface area contributed by atoms with Crippen molar-refractivity contribution in [2.24, 2.45) is 0 Å². The van der Waals surface area contributed by atoms with Gasteiger partial charge in [-0.1, -0.05) is 24.8 Å². The molecule has 5 heteroatoms. The highest BCUT2D eigenvalue weighted by atomic mass is 127. The number of hydrogen-bond donors (Lipinski definition) is 1. The lowest BCUT2D eigenvalue weighted by Gasteiger charge is -2.32. The second-order valence-corrected chi connectivity index (χ2v) is 7.04. The molecule has 0 saturated heterocycles. The van der Waals surface area contributed by atoms with Gasteiger partial charge in [-0.2, -0.15) is 0 Å². The van der Waals surface area contributed by atoms with Gasteiger partial charge < -0.3 is 14.8 Å². The maximum Gasteiger partial charge on any atom is 0.336 e. The number of carbonyl (C=O) groups excluding carboxylic acids is 1. The molecule has 0 radical (unpaired) electrons. The van der Waals surface area contributed by atoms with Crippen molar-refractivity contribution in [2.45, 2.75) is 33.6 Å². The number of rotatable bonds is 5. The van der Waals surface area contributed by atoms with Gasteiger partial charge in [0.15, 0.2) is 0 Å². The van der Waals surface area contributed by atoms with Gasteiger partial charge >= 0.3 is 5.97 Å². The largest absolute Gasteiger partial charge is 0.497 e. The molecule has 1 atom stereocenters. The molecule has 1 heterocycles. The highest BCUT2D eigenvalue weighted by molar-refractivity contribution is 14.1. The van der Waals surface area contributed by atoms with Crippen LogP contribution >= 0.6 is 22.6 Å². The number of halogens is 1. The third kappa shape index (κ3) is 3.76. The van der Waals surface area contributed by atoms with E-state index in [0.29, 0.717) is 17.9 Å². The summed E-state index contributed by atoms with van der Waals surface area (Å²) in [6.07, 6.45) is 0. The molecule has 0 spiro atoms. The van der Waals surface area contributed by atoms with Crippen LogP contribution in [0, 0.1) is 10.5 Å². The summed E-state index contributed by atoms with van der Waals surface area (Å²) in [4.78, 5) is 12.7. The van der Waals surface area contributed by atoms with E-state index < -0.39 is 0 Å². The van der Waals surface area contributed by atoms with E-state index >= 15 is 0 Å². The Balaban J connectivity index is 2.74. The fraction of sp³-hybridized carbons (Fsp3) is 0.350. The molecule has 1 aromatic rings. The molecule has 25 heavy (non-hydrogen) atoms. The average Bonchev–Trinajstić information content (AvgIpc) is 2.56. The molecule has 0 amide bonds. The smallest absolute Gasteiger partial charge is 0.336 e. The molecule has 1 aliphatic rings. The lowest BCUT2D eigenvalue weighted by Crippen LogP contribution is -2.30. The molecule has 4 nitrogen and oxygen atoms in total. The Morgan fingerprint density at radius 3 is 2.48 bits per heavy atom. The second-order valence-electron chi connectivity index (χ2n) is 5.96. The van der Waals surface area contributed by atoms with Crippen LogP contribution in [0.3, 0.4) is 0 Å². The van der Waals surface area contributed by atoms with Gasteiger partial charge in [-0.25, -0.2) is 4.79 Å². The number of dihydropyridines is 1. The lowest BCUT2D eigenvalue weighted by molar-refractivity contribution is -0.138. The molecule has 2 rings (SSSR count). The number of aryl methyl sites for hydroxylation is 1. The van der Waals surface area contributed by atoms with Crippen LogP contribution in [0.15, 0.2) is 53.1 Å². The molecule has 1 aliphatic heterocycles. The zero-order valence-corrected chi connectivity index (χ0v) is 17.5. The van der Waals surface area contributed by atoms with Crippen LogP contribution in [0.1, 0.15) is 37.8 Å². The van der Waals surface area contributed by atoms with Crippen LogP contribution in [-0.2, 0) is 14.3 Å². The summed E-state index contributed by atoms with van der Waals surface area (Å²) >= 11 is 2.33. The van der Waals surface area contributed by atoms with Crippen LogP contribution in [0.4, 0.5) is 0 Å². The van der Waals surface area contributed by atoms with Gasteiger partial charge in [0.1, 0.15) is 5.76 Å². The molecule has 0 saturated carbocycles. The predicted octanol–water partition coefficient (Wildman–Crippen LogP) is 4.56. The topological polar surface area (TPSA) is 47.6 Å². The number of methoxy groups -OCH3 is 1. The van der Waals surface area contributed by atoms with Gasteiger partial charge in [-0.3, -0.25) is 0 Å². The van der Waals surface area contributed by atoms with E-state index in [1.807, 2.05) is 32.9 Å². The molecule has 0 fully saturated rings. The number of nitrogens with one attached hydrogen (secondary N) is 1. The monoisotopic (exact) mass is 453 g/mol. The minimum atomic E-state index is -0.316. The first-order valence-electron chi connectivity index (χ1n) is 8.17. The van der Waals surface area contributed by atoms with Crippen LogP contribution < -0.4 is 5.32 Å². The molecular formula is C20H24INO3. The Labute approximate surface area is 163 Å². The van der Waals surface area contributed by atoms with Crippen LogP contribution in [-0.4, -0.2) is 19.7 Å². The Morgan fingerprint density at radius 1 is 1.24 bits per heavy atom. The molecule has 0 bridgehead atoms. The van der Waals surface area contributed by atoms with Crippen LogP contribution in [0.5, 0.6) is 0 Å². The SMILES string of the molecule is C=C(OC)C1=C(C)NC(C)=C(C(=O)OCC)C1c1cccc(C)c1I. The van der Waals surface area contributed by atoms with Crippen molar-refractivity contribution in [1.29, 1.82) is 0 Å². The van der Waals surface area contributed by atoms with Crippen molar-refractivity contribution in [2.75, 3.05) is 13.7 Å². The second kappa shape index (κ2) is 8.08. The average molecular weight is 453 g/mol. The number of esters is 1. The van der Waals surface area contributed by atoms with Crippen molar-refractivity contribution < 1.29 is 14.3 Å². The van der Waals surface area contributed by atoms with Crippen molar-refractivity contribution in [1.82, 2.24) is 5.32 Å². The number of hydrogen-bond acceptors (Lipinski definition) is 4. The zero-order chi connectivity index (χ0) is 18.7. The van der Waals surface area contributed by atoms with Crippen molar-refractivity contribution >= 4 is 28.6 Å². The summed E-state index contributed by atoms with van der Waals surface area (Å²) in [6, 6.07) is 6.12. The summed E-state index contributed by atoms with van der Waals surface area (Å²) in [7, 11) is 1.59. The van der Waals surface area contributed by atoms with Gasteiger partial charge in [0.2, 0.25) is 0 Å². The number of allylic oxidation sites excluding steroid dienone is 3. The number of carbonyl (C=O) groups is 1. The summed E-state index contributed by atoms with van der Waals surface area (Å²) < 4.78 is 11.9. The summed E-state index contributed by atoms with van der Waals surface area (Å²) in [5.74, 6) is -0.0511. The highest BCUT2D eigenvalue weighted by Crippen LogP contribution is 2.43. The molecule has 1 N–H and O–H groups in total. The summed E-state index contributed by atoms with van der Waals surface area (Å²) in [6.45, 7) is 12.1. The van der Waals surface area contributed by atoms with Gasteiger partial charge in [0.05, 0.1) is 19.3 Å². The zero-order valence-electron chi connectivity index (χ0n) is 15.3. The molecule has 0 aliphatic carbocycles. The van der Waals surface area contributed by atoms with E-state index in [1.54, 1.807) is 7.11 Å². The third-order valence-corrected chi connectivity index (χ3v) is 5.81. The standard InChI is InChI=1S/C20H24INO3/c1-7-25-20(23)17-13(4)22-12(3)16(14(5)24-6)18(17)15-10-8-9-11(2)19(15)21/h8-10,18,22H,5,7H2,1-4,6H3. The molecular weight excluding hydrogens is 429 g/mol. The number of benzene rings is 1. The first-order valence-corrected chi connectivity index (χ1v) is 9.25. The van der Waals surface area contributed by atoms with E-state index in [2.05, 4.69) is 47.5 Å². The normalized spacial score (nSPS) is 17.3. The Morgan fingerprint density at radius 2 is 1.88 bits per heavy atom. The minimum Gasteiger partial charge on any atom is -0.497 e. The third-order valence-electron chi connectivity index (χ3n) is 4.34. The molecule has 0 aromatic heterocycles. The van der Waals surface area contributed by atoms with Crippen LogP contribution in [0.2, 0.25) is 0 Å². The van der Waals surface area contributed by atoms with E-state index in [0.717, 1.165) is 31.7 Å². The van der Waals surface area contributed by atoms with Crippen molar-refractivity contribution in [3.63, 3.8) is 0 Å². The predicted molar refractivity (Wildman–Crippen MR) is 108 cm³/mol. The maximum atomic E-state index is 12.7. The molecule has 1 unspecified atom stereocenters. The first-order chi connectivity index (χ1) is 11.8. The van der Waals surface area contributed by atoms with Gasteiger partial charge in [0, 0.05) is 26.5 Å². The first kappa shape index (κ1) is 19.6. The lowest BCUT2D eigenvalue weighted by atomic mass is 9.79. The van der Waals surface area contributed by atoms with Crippen molar-refractivity contribution in [3.05, 3.63) is 67.8 Å². The minimum absolute atomic E-state index is 0.278. The highest BCUT2D eigenvalue weighted by Gasteiger charge is 2.36. The van der Waals surface area contributed by atoms with Gasteiger partial charge in [0.25, 0.3) is 0 Å². The fourth-order valence-corrected chi connectivity index (χ4v) is 3.83. The maximum absolute atomic E-state index is 12.7. The Hall–Kier alpha value is -1.76. The summed E-state index contributed by atoms with van der Waals surface area (Å²) in [5.41, 5.74) is 5.42. The Kier molecular flexibility index (Phi) is 6.32. The quantitative estimate of drug-likeness (QED) is 0.404.